The minimum absolute atomic E-state index is 0.0650. The van der Waals surface area contributed by atoms with Crippen LogP contribution in [0.25, 0.3) is 10.9 Å². The SMILES string of the molecule is O=C(CNc1cccc2cccnc12)NCc1ccncc1. The average molecular weight is 292 g/mol. The van der Waals surface area contributed by atoms with Crippen LogP contribution < -0.4 is 10.6 Å². The number of anilines is 1. The Morgan fingerprint density at radius 1 is 1.00 bits per heavy atom. The lowest BCUT2D eigenvalue weighted by atomic mass is 10.2. The van der Waals surface area contributed by atoms with Gasteiger partial charge in [-0.05, 0) is 29.8 Å². The Balaban J connectivity index is 1.58. The highest BCUT2D eigenvalue weighted by molar-refractivity contribution is 5.92. The predicted molar refractivity (Wildman–Crippen MR) is 86.3 cm³/mol. The van der Waals surface area contributed by atoms with E-state index in [1.807, 2.05) is 42.5 Å². The van der Waals surface area contributed by atoms with Gasteiger partial charge in [-0.2, -0.15) is 0 Å². The van der Waals surface area contributed by atoms with E-state index in [0.29, 0.717) is 6.54 Å². The van der Waals surface area contributed by atoms with E-state index in [1.54, 1.807) is 18.6 Å². The highest BCUT2D eigenvalue weighted by Crippen LogP contribution is 2.20. The van der Waals surface area contributed by atoms with Crippen molar-refractivity contribution < 1.29 is 4.79 Å². The predicted octanol–water partition coefficient (Wildman–Crippen LogP) is 2.36. The number of hydrogen-bond acceptors (Lipinski definition) is 4. The number of nitrogens with one attached hydrogen (secondary N) is 2. The summed E-state index contributed by atoms with van der Waals surface area (Å²) in [6, 6.07) is 13.5. The van der Waals surface area contributed by atoms with Gasteiger partial charge in [0.25, 0.3) is 0 Å². The van der Waals surface area contributed by atoms with E-state index in [4.69, 9.17) is 0 Å². The van der Waals surface area contributed by atoms with Crippen molar-refractivity contribution in [3.05, 3.63) is 66.6 Å². The first-order chi connectivity index (χ1) is 10.8. The zero-order valence-corrected chi connectivity index (χ0v) is 12.0. The first-order valence-corrected chi connectivity index (χ1v) is 7.06. The lowest BCUT2D eigenvalue weighted by Crippen LogP contribution is -2.29. The Labute approximate surface area is 128 Å². The van der Waals surface area contributed by atoms with Crippen LogP contribution in [0.15, 0.2) is 61.1 Å². The van der Waals surface area contributed by atoms with E-state index in [9.17, 15) is 4.79 Å². The fraction of sp³-hybridized carbons (Fsp3) is 0.118. The molecule has 0 saturated heterocycles. The molecule has 2 N–H and O–H groups in total. The van der Waals surface area contributed by atoms with Gasteiger partial charge in [0.1, 0.15) is 0 Å². The number of hydrogen-bond donors (Lipinski definition) is 2. The van der Waals surface area contributed by atoms with Crippen LogP contribution in [0.5, 0.6) is 0 Å². The quantitative estimate of drug-likeness (QED) is 0.757. The van der Waals surface area contributed by atoms with Gasteiger partial charge in [0.05, 0.1) is 17.7 Å². The third-order valence-electron chi connectivity index (χ3n) is 3.31. The van der Waals surface area contributed by atoms with Crippen LogP contribution in [0, 0.1) is 0 Å². The first-order valence-electron chi connectivity index (χ1n) is 7.06. The molecule has 3 aromatic rings. The van der Waals surface area contributed by atoms with Gasteiger partial charge in [-0.15, -0.1) is 0 Å². The highest BCUT2D eigenvalue weighted by Gasteiger charge is 2.04. The highest BCUT2D eigenvalue weighted by atomic mass is 16.1. The van der Waals surface area contributed by atoms with Crippen molar-refractivity contribution in [2.45, 2.75) is 6.54 Å². The topological polar surface area (TPSA) is 66.9 Å². The second-order valence-corrected chi connectivity index (χ2v) is 4.87. The Hall–Kier alpha value is -2.95. The Kier molecular flexibility index (Phi) is 4.25. The van der Waals surface area contributed by atoms with Crippen LogP contribution in [0.4, 0.5) is 5.69 Å². The molecule has 3 rings (SSSR count). The molecule has 0 radical (unpaired) electrons. The molecule has 2 aromatic heterocycles. The zero-order chi connectivity index (χ0) is 15.2. The summed E-state index contributed by atoms with van der Waals surface area (Å²) < 4.78 is 0. The van der Waals surface area contributed by atoms with Crippen LogP contribution in [0.1, 0.15) is 5.56 Å². The summed E-state index contributed by atoms with van der Waals surface area (Å²) in [5.41, 5.74) is 2.75. The number of pyridine rings is 2. The van der Waals surface area contributed by atoms with Crippen LogP contribution in [-0.2, 0) is 11.3 Å². The Morgan fingerprint density at radius 3 is 2.68 bits per heavy atom. The fourth-order valence-electron chi connectivity index (χ4n) is 2.19. The minimum Gasteiger partial charge on any atom is -0.374 e. The van der Waals surface area contributed by atoms with E-state index in [2.05, 4.69) is 20.6 Å². The number of nitrogens with zero attached hydrogens (tertiary/aromatic N) is 2. The Bertz CT molecular complexity index is 768. The van der Waals surface area contributed by atoms with Crippen molar-refractivity contribution in [3.8, 4) is 0 Å². The molecular formula is C17H16N4O. The number of para-hydroxylation sites is 1. The van der Waals surface area contributed by atoms with Crippen molar-refractivity contribution in [1.82, 2.24) is 15.3 Å². The van der Waals surface area contributed by atoms with Crippen molar-refractivity contribution in [1.29, 1.82) is 0 Å². The van der Waals surface area contributed by atoms with Crippen molar-refractivity contribution in [2.75, 3.05) is 11.9 Å². The normalized spacial score (nSPS) is 10.4. The van der Waals surface area contributed by atoms with Crippen LogP contribution in [0.3, 0.4) is 0 Å². The minimum atomic E-state index is -0.0650. The summed E-state index contributed by atoms with van der Waals surface area (Å²) in [6.07, 6.45) is 5.17. The van der Waals surface area contributed by atoms with E-state index in [0.717, 1.165) is 22.2 Å². The van der Waals surface area contributed by atoms with Gasteiger partial charge in [-0.3, -0.25) is 14.8 Å². The molecule has 0 bridgehead atoms. The molecule has 2 heterocycles. The number of carbonyl (C=O) groups excluding carboxylic acids is 1. The lowest BCUT2D eigenvalue weighted by Gasteiger charge is -2.09. The molecule has 0 unspecified atom stereocenters. The van der Waals surface area contributed by atoms with Crippen molar-refractivity contribution in [3.63, 3.8) is 0 Å². The molecule has 0 fully saturated rings. The third kappa shape index (κ3) is 3.38. The van der Waals surface area contributed by atoms with E-state index < -0.39 is 0 Å². The molecule has 0 saturated carbocycles. The number of amides is 1. The van der Waals surface area contributed by atoms with Crippen molar-refractivity contribution >= 4 is 22.5 Å². The smallest absolute Gasteiger partial charge is 0.239 e. The molecule has 0 atom stereocenters. The molecule has 0 spiro atoms. The maximum Gasteiger partial charge on any atom is 0.239 e. The number of aromatic nitrogens is 2. The summed E-state index contributed by atoms with van der Waals surface area (Å²) in [5.74, 6) is -0.0650. The maximum absolute atomic E-state index is 11.9. The maximum atomic E-state index is 11.9. The third-order valence-corrected chi connectivity index (χ3v) is 3.31. The standard InChI is InChI=1S/C17H16N4O/c22-16(21-11-13-6-9-18-10-7-13)12-20-15-5-1-3-14-4-2-8-19-17(14)15/h1-10,20H,11-12H2,(H,21,22). The van der Waals surface area contributed by atoms with Gasteiger partial charge in [0.2, 0.25) is 5.91 Å². The van der Waals surface area contributed by atoms with E-state index >= 15 is 0 Å². The molecule has 0 aliphatic rings. The summed E-state index contributed by atoms with van der Waals surface area (Å²) in [5, 5.41) is 7.05. The second-order valence-electron chi connectivity index (χ2n) is 4.87. The molecule has 110 valence electrons. The second kappa shape index (κ2) is 6.67. The largest absolute Gasteiger partial charge is 0.374 e. The summed E-state index contributed by atoms with van der Waals surface area (Å²) in [7, 11) is 0. The lowest BCUT2D eigenvalue weighted by molar-refractivity contribution is -0.119. The molecule has 5 nitrogen and oxygen atoms in total. The van der Waals surface area contributed by atoms with Gasteiger partial charge in [0.15, 0.2) is 0 Å². The molecular weight excluding hydrogens is 276 g/mol. The van der Waals surface area contributed by atoms with Gasteiger partial charge in [-0.1, -0.05) is 18.2 Å². The van der Waals surface area contributed by atoms with Crippen molar-refractivity contribution in [2.24, 2.45) is 0 Å². The molecule has 0 aliphatic carbocycles. The van der Waals surface area contributed by atoms with Gasteiger partial charge in [-0.25, -0.2) is 0 Å². The molecule has 0 aliphatic heterocycles. The monoisotopic (exact) mass is 292 g/mol. The van der Waals surface area contributed by atoms with E-state index in [1.165, 1.54) is 0 Å². The molecule has 5 heteroatoms. The fourth-order valence-corrected chi connectivity index (χ4v) is 2.19. The average Bonchev–Trinajstić information content (AvgIpc) is 2.59. The number of fused-ring (bicyclic) bond motifs is 1. The van der Waals surface area contributed by atoms with Crippen LogP contribution in [0.2, 0.25) is 0 Å². The molecule has 22 heavy (non-hydrogen) atoms. The Morgan fingerprint density at radius 2 is 1.82 bits per heavy atom. The number of benzene rings is 1. The number of carbonyl (C=O) groups is 1. The van der Waals surface area contributed by atoms with Gasteiger partial charge < -0.3 is 10.6 Å². The van der Waals surface area contributed by atoms with Gasteiger partial charge in [0, 0.05) is 30.5 Å². The van der Waals surface area contributed by atoms with Gasteiger partial charge >= 0.3 is 0 Å². The van der Waals surface area contributed by atoms with Crippen LogP contribution >= 0.6 is 0 Å². The number of rotatable bonds is 5. The zero-order valence-electron chi connectivity index (χ0n) is 12.0. The molecule has 1 aromatic carbocycles. The molecule has 1 amide bonds. The summed E-state index contributed by atoms with van der Waals surface area (Å²) >= 11 is 0. The van der Waals surface area contributed by atoms with Crippen LogP contribution in [-0.4, -0.2) is 22.4 Å². The summed E-state index contributed by atoms with van der Waals surface area (Å²) in [4.78, 5) is 20.2. The van der Waals surface area contributed by atoms with E-state index in [-0.39, 0.29) is 12.5 Å². The summed E-state index contributed by atoms with van der Waals surface area (Å²) in [6.45, 7) is 0.706. The first kappa shape index (κ1) is 14.0.